The van der Waals surface area contributed by atoms with E-state index in [1.54, 1.807) is 0 Å². The molecule has 2 aliphatic rings. The van der Waals surface area contributed by atoms with Crippen LogP contribution in [0.2, 0.25) is 0 Å². The lowest BCUT2D eigenvalue weighted by molar-refractivity contribution is 0.0436. The molecule has 1 atom stereocenters. The Morgan fingerprint density at radius 3 is 2.78 bits per heavy atom. The fourth-order valence-electron chi connectivity index (χ4n) is 3.35. The maximum Gasteiger partial charge on any atom is 0.317 e. The third-order valence-electron chi connectivity index (χ3n) is 5.10. The van der Waals surface area contributed by atoms with E-state index in [0.29, 0.717) is 32.2 Å². The summed E-state index contributed by atoms with van der Waals surface area (Å²) in [6.45, 7) is 12.4. The van der Waals surface area contributed by atoms with Crippen molar-refractivity contribution in [1.82, 2.24) is 10.2 Å². The third kappa shape index (κ3) is 5.06. The minimum absolute atomic E-state index is 0.0173. The molecule has 2 aliphatic heterocycles. The van der Waals surface area contributed by atoms with Gasteiger partial charge in [0.05, 0.1) is 6.10 Å². The summed E-state index contributed by atoms with van der Waals surface area (Å²) in [6.07, 6.45) is 1.06. The van der Waals surface area contributed by atoms with Gasteiger partial charge in [-0.2, -0.15) is 0 Å². The van der Waals surface area contributed by atoms with Crippen molar-refractivity contribution in [3.63, 3.8) is 0 Å². The molecule has 6 nitrogen and oxygen atoms in total. The second-order valence-electron chi connectivity index (χ2n) is 8.48. The van der Waals surface area contributed by atoms with Gasteiger partial charge >= 0.3 is 6.03 Å². The first-order valence-corrected chi connectivity index (χ1v) is 9.89. The van der Waals surface area contributed by atoms with Crippen molar-refractivity contribution in [3.8, 4) is 11.5 Å². The molecule has 27 heavy (non-hydrogen) atoms. The van der Waals surface area contributed by atoms with Crippen molar-refractivity contribution in [2.24, 2.45) is 5.92 Å². The zero-order valence-corrected chi connectivity index (χ0v) is 16.9. The summed E-state index contributed by atoms with van der Waals surface area (Å²) in [5.74, 6) is 2.08. The molecule has 1 fully saturated rings. The predicted octanol–water partition coefficient (Wildman–Crippen LogP) is 3.19. The van der Waals surface area contributed by atoms with Crippen molar-refractivity contribution in [2.45, 2.75) is 45.6 Å². The predicted molar refractivity (Wildman–Crippen MR) is 105 cm³/mol. The van der Waals surface area contributed by atoms with Gasteiger partial charge < -0.3 is 24.4 Å². The molecule has 6 heteroatoms. The van der Waals surface area contributed by atoms with Gasteiger partial charge in [0.2, 0.25) is 0 Å². The molecule has 0 saturated carbocycles. The van der Waals surface area contributed by atoms with Crippen molar-refractivity contribution < 1.29 is 19.0 Å². The number of hydrogen-bond donors (Lipinski definition) is 1. The Morgan fingerprint density at radius 1 is 1.30 bits per heavy atom. The Labute approximate surface area is 162 Å². The van der Waals surface area contributed by atoms with E-state index in [0.717, 1.165) is 36.6 Å². The SMILES string of the molecule is CC(C)COC1CCN(C(=O)NCC(C)(C)c2ccc3c(c2)OCCO3)C1. The second-order valence-corrected chi connectivity index (χ2v) is 8.48. The van der Waals surface area contributed by atoms with Crippen molar-refractivity contribution in [2.75, 3.05) is 39.5 Å². The van der Waals surface area contributed by atoms with Crippen LogP contribution in [0.3, 0.4) is 0 Å². The Kier molecular flexibility index (Phi) is 6.15. The molecular weight excluding hydrogens is 344 g/mol. The van der Waals surface area contributed by atoms with E-state index in [1.807, 2.05) is 23.1 Å². The van der Waals surface area contributed by atoms with Crippen LogP contribution in [0.25, 0.3) is 0 Å². The topological polar surface area (TPSA) is 60.0 Å². The summed E-state index contributed by atoms with van der Waals surface area (Å²) in [4.78, 5) is 14.4. The number of nitrogens with one attached hydrogen (secondary N) is 1. The molecule has 0 radical (unpaired) electrons. The standard InChI is InChI=1S/C21H32N2O4/c1-15(2)13-27-17-7-8-23(12-17)20(24)22-14-21(3,4)16-5-6-18-19(11-16)26-10-9-25-18/h5-6,11,15,17H,7-10,12-14H2,1-4H3,(H,22,24). The highest BCUT2D eigenvalue weighted by Gasteiger charge is 2.29. The molecule has 2 heterocycles. The number of nitrogens with zero attached hydrogens (tertiary/aromatic N) is 1. The Bertz CT molecular complexity index is 660. The van der Waals surface area contributed by atoms with Crippen LogP contribution in [0, 0.1) is 5.92 Å². The quantitative estimate of drug-likeness (QED) is 0.828. The minimum atomic E-state index is -0.210. The van der Waals surface area contributed by atoms with Crippen molar-refractivity contribution >= 4 is 6.03 Å². The second kappa shape index (κ2) is 8.38. The monoisotopic (exact) mass is 376 g/mol. The molecule has 0 spiro atoms. The Balaban J connectivity index is 1.52. The number of ether oxygens (including phenoxy) is 3. The first kappa shape index (κ1) is 19.8. The maximum atomic E-state index is 12.6. The molecule has 1 unspecified atom stereocenters. The molecule has 1 saturated heterocycles. The van der Waals surface area contributed by atoms with E-state index in [-0.39, 0.29) is 17.6 Å². The van der Waals surface area contributed by atoms with E-state index in [4.69, 9.17) is 14.2 Å². The Morgan fingerprint density at radius 2 is 2.04 bits per heavy atom. The van der Waals surface area contributed by atoms with E-state index in [1.165, 1.54) is 0 Å². The van der Waals surface area contributed by atoms with Crippen LogP contribution >= 0.6 is 0 Å². The normalized spacial score (nSPS) is 19.4. The van der Waals surface area contributed by atoms with Crippen LogP contribution in [0.4, 0.5) is 4.79 Å². The lowest BCUT2D eigenvalue weighted by Gasteiger charge is -2.29. The fourth-order valence-corrected chi connectivity index (χ4v) is 3.35. The summed E-state index contributed by atoms with van der Waals surface area (Å²) in [6, 6.07) is 6.00. The number of amides is 2. The van der Waals surface area contributed by atoms with E-state index < -0.39 is 0 Å². The zero-order valence-electron chi connectivity index (χ0n) is 16.9. The number of likely N-dealkylation sites (tertiary alicyclic amines) is 1. The summed E-state index contributed by atoms with van der Waals surface area (Å²) in [5, 5.41) is 3.09. The lowest BCUT2D eigenvalue weighted by atomic mass is 9.84. The summed E-state index contributed by atoms with van der Waals surface area (Å²) in [7, 11) is 0. The van der Waals surface area contributed by atoms with Crippen LogP contribution in [-0.2, 0) is 10.2 Å². The van der Waals surface area contributed by atoms with Crippen LogP contribution in [-0.4, -0.2) is 56.5 Å². The van der Waals surface area contributed by atoms with Gasteiger partial charge in [0.15, 0.2) is 11.5 Å². The molecule has 0 aliphatic carbocycles. The molecule has 150 valence electrons. The smallest absolute Gasteiger partial charge is 0.317 e. The number of benzene rings is 1. The highest BCUT2D eigenvalue weighted by molar-refractivity contribution is 5.74. The number of urea groups is 1. The van der Waals surface area contributed by atoms with Crippen molar-refractivity contribution in [1.29, 1.82) is 0 Å². The molecule has 3 rings (SSSR count). The average Bonchev–Trinajstić information content (AvgIpc) is 3.13. The van der Waals surface area contributed by atoms with Crippen LogP contribution in [0.15, 0.2) is 18.2 Å². The van der Waals surface area contributed by atoms with Gasteiger partial charge in [0.1, 0.15) is 13.2 Å². The van der Waals surface area contributed by atoms with Gasteiger partial charge in [-0.05, 0) is 30.0 Å². The first-order chi connectivity index (χ1) is 12.8. The average molecular weight is 376 g/mol. The van der Waals surface area contributed by atoms with Gasteiger partial charge in [-0.1, -0.05) is 33.8 Å². The molecule has 1 N–H and O–H groups in total. The van der Waals surface area contributed by atoms with Crippen molar-refractivity contribution in [3.05, 3.63) is 23.8 Å². The van der Waals surface area contributed by atoms with E-state index >= 15 is 0 Å². The van der Waals surface area contributed by atoms with Crippen LogP contribution < -0.4 is 14.8 Å². The van der Waals surface area contributed by atoms with Gasteiger partial charge in [-0.15, -0.1) is 0 Å². The highest BCUT2D eigenvalue weighted by Crippen LogP contribution is 2.35. The fraction of sp³-hybridized carbons (Fsp3) is 0.667. The summed E-state index contributed by atoms with van der Waals surface area (Å²) >= 11 is 0. The van der Waals surface area contributed by atoms with Gasteiger partial charge in [0, 0.05) is 31.7 Å². The summed E-state index contributed by atoms with van der Waals surface area (Å²) < 4.78 is 17.1. The van der Waals surface area contributed by atoms with Gasteiger partial charge in [-0.25, -0.2) is 4.79 Å². The first-order valence-electron chi connectivity index (χ1n) is 9.89. The molecule has 1 aromatic carbocycles. The number of rotatable bonds is 6. The van der Waals surface area contributed by atoms with Gasteiger partial charge in [0.25, 0.3) is 0 Å². The number of hydrogen-bond acceptors (Lipinski definition) is 4. The van der Waals surface area contributed by atoms with E-state index in [9.17, 15) is 4.79 Å². The van der Waals surface area contributed by atoms with Crippen LogP contribution in [0.5, 0.6) is 11.5 Å². The van der Waals surface area contributed by atoms with Gasteiger partial charge in [-0.3, -0.25) is 0 Å². The number of fused-ring (bicyclic) bond motifs is 1. The number of carbonyl (C=O) groups is 1. The maximum absolute atomic E-state index is 12.6. The largest absolute Gasteiger partial charge is 0.486 e. The lowest BCUT2D eigenvalue weighted by Crippen LogP contribution is -2.44. The minimum Gasteiger partial charge on any atom is -0.486 e. The molecule has 2 amide bonds. The third-order valence-corrected chi connectivity index (χ3v) is 5.10. The van der Waals surface area contributed by atoms with E-state index in [2.05, 4.69) is 33.0 Å². The molecular formula is C21H32N2O4. The summed E-state index contributed by atoms with van der Waals surface area (Å²) in [5.41, 5.74) is 0.908. The Hall–Kier alpha value is -1.95. The number of carbonyl (C=O) groups excluding carboxylic acids is 1. The molecule has 0 aromatic heterocycles. The zero-order chi connectivity index (χ0) is 19.4. The molecule has 1 aromatic rings. The van der Waals surface area contributed by atoms with Crippen LogP contribution in [0.1, 0.15) is 39.7 Å². The highest BCUT2D eigenvalue weighted by atomic mass is 16.6. The molecule has 0 bridgehead atoms.